The molecule has 6 nitrogen and oxygen atoms in total. The minimum absolute atomic E-state index is 0. The predicted octanol–water partition coefficient (Wildman–Crippen LogP) is 2.01. The second-order valence-electron chi connectivity index (χ2n) is 6.20. The van der Waals surface area contributed by atoms with Gasteiger partial charge in [-0.05, 0) is 19.9 Å². The molecule has 2 heterocycles. The van der Waals surface area contributed by atoms with Gasteiger partial charge in [-0.3, -0.25) is 9.89 Å². The largest absolute Gasteiger partial charge is 0.355 e. The molecule has 1 aliphatic heterocycles. The third kappa shape index (κ3) is 7.36. The highest BCUT2D eigenvalue weighted by atomic mass is 127. The molecule has 1 aromatic heterocycles. The first-order chi connectivity index (χ1) is 11.7. The van der Waals surface area contributed by atoms with Crippen molar-refractivity contribution < 1.29 is 0 Å². The van der Waals surface area contributed by atoms with Crippen LogP contribution in [0.5, 0.6) is 0 Å². The van der Waals surface area contributed by atoms with Gasteiger partial charge in [-0.1, -0.05) is 13.8 Å². The van der Waals surface area contributed by atoms with Gasteiger partial charge in [-0.2, -0.15) is 0 Å². The van der Waals surface area contributed by atoms with Gasteiger partial charge in [-0.25, -0.2) is 4.98 Å². The summed E-state index contributed by atoms with van der Waals surface area (Å²) in [5.41, 5.74) is 0. The highest BCUT2D eigenvalue weighted by molar-refractivity contribution is 14.0. The van der Waals surface area contributed by atoms with Crippen molar-refractivity contribution in [1.82, 2.24) is 25.4 Å². The highest BCUT2D eigenvalue weighted by Crippen LogP contribution is 2.12. The van der Waals surface area contributed by atoms with Crippen LogP contribution in [-0.4, -0.2) is 73.1 Å². The molecule has 0 saturated carbocycles. The van der Waals surface area contributed by atoms with Gasteiger partial charge >= 0.3 is 0 Å². The first kappa shape index (κ1) is 22.6. The molecule has 1 saturated heterocycles. The van der Waals surface area contributed by atoms with Crippen molar-refractivity contribution in [1.29, 1.82) is 0 Å². The summed E-state index contributed by atoms with van der Waals surface area (Å²) < 4.78 is 0. The molecule has 8 heteroatoms. The molecular weight excluding hydrogens is 447 g/mol. The minimum Gasteiger partial charge on any atom is -0.355 e. The quantitative estimate of drug-likeness (QED) is 0.356. The van der Waals surface area contributed by atoms with Crippen molar-refractivity contribution in [3.8, 4) is 0 Å². The molecule has 0 spiro atoms. The third-order valence-corrected chi connectivity index (χ3v) is 5.76. The Morgan fingerprint density at radius 1 is 1.28 bits per heavy atom. The molecule has 1 aromatic rings. The fourth-order valence-corrected chi connectivity index (χ4v) is 3.67. The van der Waals surface area contributed by atoms with Crippen molar-refractivity contribution in [2.24, 2.45) is 4.99 Å². The lowest BCUT2D eigenvalue weighted by atomic mass is 10.2. The summed E-state index contributed by atoms with van der Waals surface area (Å²) in [5.74, 6) is 0.849. The van der Waals surface area contributed by atoms with Crippen LogP contribution in [0.25, 0.3) is 0 Å². The van der Waals surface area contributed by atoms with Crippen LogP contribution >= 0.6 is 35.3 Å². The number of nitrogens with zero attached hydrogens (tertiary/aromatic N) is 4. The fraction of sp³-hybridized carbons (Fsp3) is 0.765. The van der Waals surface area contributed by atoms with E-state index >= 15 is 0 Å². The molecule has 1 fully saturated rings. The Morgan fingerprint density at radius 3 is 2.56 bits per heavy atom. The molecule has 0 radical (unpaired) electrons. The predicted molar refractivity (Wildman–Crippen MR) is 118 cm³/mol. The average Bonchev–Trinajstić information content (AvgIpc) is 3.09. The molecule has 25 heavy (non-hydrogen) atoms. The van der Waals surface area contributed by atoms with E-state index < -0.39 is 0 Å². The maximum Gasteiger partial charge on any atom is 0.191 e. The van der Waals surface area contributed by atoms with E-state index in [-0.39, 0.29) is 24.0 Å². The molecule has 0 amide bonds. The first-order valence-corrected chi connectivity index (χ1v) is 9.82. The number of nitrogens with one attached hydrogen (secondary N) is 2. The molecule has 2 rings (SSSR count). The average molecular weight is 480 g/mol. The Kier molecular flexibility index (Phi) is 10.9. The number of hydrogen-bond acceptors (Lipinski definition) is 5. The summed E-state index contributed by atoms with van der Waals surface area (Å²) in [7, 11) is 1.82. The summed E-state index contributed by atoms with van der Waals surface area (Å²) in [6, 6.07) is 0.508. The lowest BCUT2D eigenvalue weighted by molar-refractivity contribution is 0.107. The van der Waals surface area contributed by atoms with Crippen LogP contribution < -0.4 is 10.6 Å². The van der Waals surface area contributed by atoms with Gasteiger partial charge in [0, 0.05) is 56.9 Å². The Labute approximate surface area is 173 Å². The third-order valence-electron chi connectivity index (χ3n) is 4.62. The molecule has 1 unspecified atom stereocenters. The van der Waals surface area contributed by atoms with E-state index in [0.29, 0.717) is 6.04 Å². The summed E-state index contributed by atoms with van der Waals surface area (Å²) in [5, 5.41) is 7.91. The van der Waals surface area contributed by atoms with Gasteiger partial charge < -0.3 is 15.5 Å². The maximum atomic E-state index is 4.44. The lowest BCUT2D eigenvalue weighted by Crippen LogP contribution is -2.53. The Morgan fingerprint density at radius 2 is 2.00 bits per heavy atom. The molecule has 1 aliphatic rings. The molecule has 0 aliphatic carbocycles. The maximum absolute atomic E-state index is 4.44. The van der Waals surface area contributed by atoms with E-state index in [2.05, 4.69) is 51.2 Å². The van der Waals surface area contributed by atoms with Crippen molar-refractivity contribution in [3.05, 3.63) is 16.1 Å². The summed E-state index contributed by atoms with van der Waals surface area (Å²) in [6.07, 6.45) is 3.02. The van der Waals surface area contributed by atoms with Gasteiger partial charge in [0.25, 0.3) is 0 Å². The highest BCUT2D eigenvalue weighted by Gasteiger charge is 2.20. The van der Waals surface area contributed by atoms with Gasteiger partial charge in [0.15, 0.2) is 5.96 Å². The van der Waals surface area contributed by atoms with E-state index in [0.717, 1.165) is 50.1 Å². The van der Waals surface area contributed by atoms with Gasteiger partial charge in [-0.15, -0.1) is 35.3 Å². The summed E-state index contributed by atoms with van der Waals surface area (Å²) in [6.45, 7) is 14.1. The van der Waals surface area contributed by atoms with E-state index in [1.165, 1.54) is 18.0 Å². The number of aryl methyl sites for hydroxylation is 1. The summed E-state index contributed by atoms with van der Waals surface area (Å²) in [4.78, 5) is 15.1. The molecular formula is C17H33IN6S. The van der Waals surface area contributed by atoms with Crippen LogP contribution in [0, 0.1) is 0 Å². The molecule has 0 aromatic carbocycles. The van der Waals surface area contributed by atoms with E-state index in [9.17, 15) is 0 Å². The second kappa shape index (κ2) is 12.0. The van der Waals surface area contributed by atoms with Crippen molar-refractivity contribution in [2.45, 2.75) is 39.8 Å². The van der Waals surface area contributed by atoms with Crippen molar-refractivity contribution in [3.63, 3.8) is 0 Å². The normalized spacial score (nSPS) is 17.8. The zero-order valence-corrected chi connectivity index (χ0v) is 19.1. The molecule has 144 valence electrons. The number of thiazole rings is 1. The van der Waals surface area contributed by atoms with Crippen LogP contribution in [0.15, 0.2) is 11.2 Å². The number of halogens is 1. The number of aromatic nitrogens is 1. The summed E-state index contributed by atoms with van der Waals surface area (Å²) >= 11 is 1.77. The van der Waals surface area contributed by atoms with E-state index in [4.69, 9.17) is 0 Å². The number of guanidine groups is 1. The van der Waals surface area contributed by atoms with Crippen molar-refractivity contribution >= 4 is 41.3 Å². The number of likely N-dealkylation sites (N-methyl/N-ethyl adjacent to an activating group) is 1. The molecule has 0 bridgehead atoms. The Bertz CT molecular complexity index is 513. The standard InChI is InChI=1S/C17H32N6S.HI/c1-5-15-12-19-16(24-15)13-21-17(18-4)20-11-14(3)23-9-7-22(6-2)8-10-23;/h12,14H,5-11,13H2,1-4H3,(H2,18,20,21);1H. The number of rotatable bonds is 7. The van der Waals surface area contributed by atoms with E-state index in [1.54, 1.807) is 11.3 Å². The second-order valence-corrected chi connectivity index (χ2v) is 7.40. The lowest BCUT2D eigenvalue weighted by Gasteiger charge is -2.37. The van der Waals surface area contributed by atoms with Crippen LogP contribution in [0.3, 0.4) is 0 Å². The van der Waals surface area contributed by atoms with Gasteiger partial charge in [0.05, 0.1) is 6.54 Å². The van der Waals surface area contributed by atoms with Crippen LogP contribution in [0.4, 0.5) is 0 Å². The fourth-order valence-electron chi connectivity index (χ4n) is 2.87. The molecule has 1 atom stereocenters. The molecule has 2 N–H and O–H groups in total. The number of piperazine rings is 1. The minimum atomic E-state index is 0. The van der Waals surface area contributed by atoms with Gasteiger partial charge in [0.1, 0.15) is 5.01 Å². The zero-order chi connectivity index (χ0) is 17.4. The van der Waals surface area contributed by atoms with Crippen LogP contribution in [0.2, 0.25) is 0 Å². The smallest absolute Gasteiger partial charge is 0.191 e. The Balaban J connectivity index is 0.00000312. The van der Waals surface area contributed by atoms with Gasteiger partial charge in [0.2, 0.25) is 0 Å². The number of hydrogen-bond donors (Lipinski definition) is 2. The van der Waals surface area contributed by atoms with Crippen LogP contribution in [-0.2, 0) is 13.0 Å². The van der Waals surface area contributed by atoms with Crippen LogP contribution in [0.1, 0.15) is 30.7 Å². The van der Waals surface area contributed by atoms with Crippen molar-refractivity contribution in [2.75, 3.05) is 46.3 Å². The Hall–Kier alpha value is -0.450. The zero-order valence-electron chi connectivity index (χ0n) is 15.9. The first-order valence-electron chi connectivity index (χ1n) is 9.00. The monoisotopic (exact) mass is 480 g/mol. The SMILES string of the molecule is CCc1cnc(CNC(=NC)NCC(C)N2CCN(CC)CC2)s1.I. The topological polar surface area (TPSA) is 55.8 Å². The van der Waals surface area contributed by atoms with E-state index in [1.807, 2.05) is 13.2 Å². The number of aliphatic imine (C=N–C) groups is 1.